The van der Waals surface area contributed by atoms with Crippen LogP contribution in [-0.4, -0.2) is 31.5 Å². The van der Waals surface area contributed by atoms with Gasteiger partial charge >= 0.3 is 18.9 Å². The van der Waals surface area contributed by atoms with Crippen LogP contribution in [0.4, 0.5) is 22.0 Å². The third kappa shape index (κ3) is 7.64. The summed E-state index contributed by atoms with van der Waals surface area (Å²) < 4.78 is 74.2. The highest BCUT2D eigenvalue weighted by Gasteiger charge is 2.32. The van der Waals surface area contributed by atoms with Crippen LogP contribution in [0.5, 0.6) is 11.5 Å². The summed E-state index contributed by atoms with van der Waals surface area (Å²) in [6, 6.07) is 9.97. The molecule has 0 fully saturated rings. The highest BCUT2D eigenvalue weighted by Crippen LogP contribution is 2.26. The van der Waals surface area contributed by atoms with E-state index in [9.17, 15) is 31.5 Å². The van der Waals surface area contributed by atoms with Crippen molar-refractivity contribution in [1.29, 1.82) is 0 Å². The van der Waals surface area contributed by atoms with Gasteiger partial charge in [-0.1, -0.05) is 24.3 Å². The normalized spacial score (nSPS) is 11.1. The van der Waals surface area contributed by atoms with Gasteiger partial charge < -0.3 is 19.5 Å². The predicted molar refractivity (Wildman–Crippen MR) is 88.3 cm³/mol. The van der Waals surface area contributed by atoms with Crippen LogP contribution in [-0.2, 0) is 16.1 Å². The molecule has 0 saturated heterocycles. The second-order valence-corrected chi connectivity index (χ2v) is 5.41. The first-order valence-corrected chi connectivity index (χ1v) is 7.96. The van der Waals surface area contributed by atoms with E-state index in [0.29, 0.717) is 0 Å². The Bertz CT molecular complexity index is 857. The molecule has 1 N–H and O–H groups in total. The van der Waals surface area contributed by atoms with Crippen molar-refractivity contribution < 1.29 is 45.8 Å². The zero-order valence-electron chi connectivity index (χ0n) is 14.5. The Hall–Kier alpha value is -3.37. The topological polar surface area (TPSA) is 73.9 Å². The summed E-state index contributed by atoms with van der Waals surface area (Å²) in [5.41, 5.74) is -0.0683. The molecule has 2 aromatic rings. The molecule has 2 rings (SSSR count). The number of benzene rings is 2. The fourth-order valence-electron chi connectivity index (χ4n) is 2.13. The Morgan fingerprint density at radius 3 is 2.45 bits per heavy atom. The van der Waals surface area contributed by atoms with Gasteiger partial charge in [-0.05, 0) is 24.3 Å². The number of carbonyl (C=O) groups is 2. The number of rotatable bonds is 8. The largest absolute Gasteiger partial charge is 0.573 e. The molecule has 0 aliphatic rings. The SMILES string of the molecule is O=C(COC(=O)c1cccc(OC(F)F)c1)NCc1ccccc1OC(F)(F)F. The first-order valence-electron chi connectivity index (χ1n) is 7.96. The number of esters is 1. The van der Waals surface area contributed by atoms with Crippen molar-refractivity contribution in [3.63, 3.8) is 0 Å². The van der Waals surface area contributed by atoms with E-state index >= 15 is 0 Å². The van der Waals surface area contributed by atoms with Crippen LogP contribution < -0.4 is 14.8 Å². The van der Waals surface area contributed by atoms with E-state index in [1.54, 1.807) is 0 Å². The van der Waals surface area contributed by atoms with Crippen molar-refractivity contribution in [3.05, 3.63) is 59.7 Å². The van der Waals surface area contributed by atoms with E-state index in [-0.39, 0.29) is 23.4 Å². The molecule has 0 saturated carbocycles. The third-order valence-electron chi connectivity index (χ3n) is 3.30. The average molecular weight is 419 g/mol. The Morgan fingerprint density at radius 1 is 1.03 bits per heavy atom. The molecular formula is C18H14F5NO5. The Morgan fingerprint density at radius 2 is 1.76 bits per heavy atom. The van der Waals surface area contributed by atoms with Crippen molar-refractivity contribution in [2.45, 2.75) is 19.5 Å². The first-order chi connectivity index (χ1) is 13.6. The maximum Gasteiger partial charge on any atom is 0.573 e. The number of nitrogens with one attached hydrogen (secondary N) is 1. The number of carbonyl (C=O) groups excluding carboxylic acids is 2. The van der Waals surface area contributed by atoms with Gasteiger partial charge in [-0.2, -0.15) is 8.78 Å². The molecule has 156 valence electrons. The van der Waals surface area contributed by atoms with Crippen LogP contribution in [0.3, 0.4) is 0 Å². The Balaban J connectivity index is 1.87. The van der Waals surface area contributed by atoms with E-state index in [1.807, 2.05) is 0 Å². The number of hydrogen-bond acceptors (Lipinski definition) is 5. The Labute approximate surface area is 161 Å². The molecule has 0 atom stereocenters. The number of amides is 1. The van der Waals surface area contributed by atoms with Crippen LogP contribution in [0.1, 0.15) is 15.9 Å². The van der Waals surface area contributed by atoms with Gasteiger partial charge in [0, 0.05) is 12.1 Å². The van der Waals surface area contributed by atoms with Crippen LogP contribution in [0.15, 0.2) is 48.5 Å². The van der Waals surface area contributed by atoms with Crippen LogP contribution >= 0.6 is 0 Å². The van der Waals surface area contributed by atoms with E-state index < -0.39 is 37.2 Å². The third-order valence-corrected chi connectivity index (χ3v) is 3.30. The molecule has 29 heavy (non-hydrogen) atoms. The summed E-state index contributed by atoms with van der Waals surface area (Å²) >= 11 is 0. The zero-order valence-corrected chi connectivity index (χ0v) is 14.5. The molecule has 0 aliphatic heterocycles. The Kier molecular flexibility index (Phi) is 7.34. The average Bonchev–Trinajstić information content (AvgIpc) is 2.64. The van der Waals surface area contributed by atoms with Gasteiger partial charge in [0.15, 0.2) is 6.61 Å². The van der Waals surface area contributed by atoms with Crippen molar-refractivity contribution >= 4 is 11.9 Å². The van der Waals surface area contributed by atoms with Gasteiger partial charge in [-0.25, -0.2) is 4.79 Å². The summed E-state index contributed by atoms with van der Waals surface area (Å²) in [4.78, 5) is 23.7. The number of halogens is 5. The first kappa shape index (κ1) is 21.9. The molecule has 0 unspecified atom stereocenters. The van der Waals surface area contributed by atoms with Crippen molar-refractivity contribution in [3.8, 4) is 11.5 Å². The van der Waals surface area contributed by atoms with Crippen molar-refractivity contribution in [2.24, 2.45) is 0 Å². The molecule has 6 nitrogen and oxygen atoms in total. The van der Waals surface area contributed by atoms with Crippen LogP contribution in [0.25, 0.3) is 0 Å². The van der Waals surface area contributed by atoms with Gasteiger partial charge in [0.25, 0.3) is 5.91 Å². The number of hydrogen-bond donors (Lipinski definition) is 1. The minimum absolute atomic E-state index is 0.0568. The fourth-order valence-corrected chi connectivity index (χ4v) is 2.13. The molecule has 0 aromatic heterocycles. The second-order valence-electron chi connectivity index (χ2n) is 5.41. The number of para-hydroxylation sites is 1. The molecule has 0 spiro atoms. The molecular weight excluding hydrogens is 405 g/mol. The number of ether oxygens (including phenoxy) is 3. The molecule has 1 amide bonds. The molecule has 0 aliphatic carbocycles. The highest BCUT2D eigenvalue weighted by molar-refractivity contribution is 5.91. The van der Waals surface area contributed by atoms with Gasteiger partial charge in [-0.15, -0.1) is 13.2 Å². The molecule has 0 heterocycles. The fraction of sp³-hybridized carbons (Fsp3) is 0.222. The lowest BCUT2D eigenvalue weighted by Crippen LogP contribution is -2.29. The van der Waals surface area contributed by atoms with Crippen LogP contribution in [0.2, 0.25) is 0 Å². The monoisotopic (exact) mass is 419 g/mol. The van der Waals surface area contributed by atoms with Gasteiger partial charge in [0.1, 0.15) is 11.5 Å². The predicted octanol–water partition coefficient (Wildman–Crippen LogP) is 3.66. The molecule has 0 radical (unpaired) electrons. The zero-order chi connectivity index (χ0) is 21.4. The van der Waals surface area contributed by atoms with E-state index in [4.69, 9.17) is 4.74 Å². The van der Waals surface area contributed by atoms with Gasteiger partial charge in [-0.3, -0.25) is 4.79 Å². The van der Waals surface area contributed by atoms with Crippen LogP contribution in [0, 0.1) is 0 Å². The minimum Gasteiger partial charge on any atom is -0.452 e. The number of alkyl halides is 5. The summed E-state index contributed by atoms with van der Waals surface area (Å²) in [5.74, 6) is -2.51. The van der Waals surface area contributed by atoms with Crippen molar-refractivity contribution in [1.82, 2.24) is 5.32 Å². The minimum atomic E-state index is -4.89. The van der Waals surface area contributed by atoms with E-state index in [0.717, 1.165) is 12.1 Å². The lowest BCUT2D eigenvalue weighted by molar-refractivity contribution is -0.274. The summed E-state index contributed by atoms with van der Waals surface area (Å²) in [7, 11) is 0. The van der Waals surface area contributed by atoms with E-state index in [2.05, 4.69) is 14.8 Å². The lowest BCUT2D eigenvalue weighted by Gasteiger charge is -2.13. The molecule has 2 aromatic carbocycles. The molecule has 11 heteroatoms. The van der Waals surface area contributed by atoms with E-state index in [1.165, 1.54) is 36.4 Å². The maximum atomic E-state index is 12.4. The summed E-state index contributed by atoms with van der Waals surface area (Å²) in [6.45, 7) is -4.11. The van der Waals surface area contributed by atoms with Crippen molar-refractivity contribution in [2.75, 3.05) is 6.61 Å². The highest BCUT2D eigenvalue weighted by atomic mass is 19.4. The summed E-state index contributed by atoms with van der Waals surface area (Å²) in [5, 5.41) is 2.28. The quantitative estimate of drug-likeness (QED) is 0.522. The summed E-state index contributed by atoms with van der Waals surface area (Å²) in [6.07, 6.45) is -4.89. The molecule has 0 bridgehead atoms. The second kappa shape index (κ2) is 9.71. The van der Waals surface area contributed by atoms with Gasteiger partial charge in [0.05, 0.1) is 5.56 Å². The maximum absolute atomic E-state index is 12.4. The van der Waals surface area contributed by atoms with Gasteiger partial charge in [0.2, 0.25) is 0 Å². The standard InChI is InChI=1S/C18H14F5NO5/c19-17(20)28-13-6-3-5-11(8-13)16(26)27-10-15(25)24-9-12-4-1-2-7-14(12)29-18(21,22)23/h1-8,17H,9-10H2,(H,24,25). The lowest BCUT2D eigenvalue weighted by atomic mass is 10.2. The smallest absolute Gasteiger partial charge is 0.452 e.